The second-order valence-corrected chi connectivity index (χ2v) is 2.14. The van der Waals surface area contributed by atoms with Gasteiger partial charge in [0.2, 0.25) is 0 Å². The van der Waals surface area contributed by atoms with Gasteiger partial charge in [0.15, 0.2) is 0 Å². The molecule has 0 saturated carbocycles. The van der Waals surface area contributed by atoms with Crippen molar-refractivity contribution in [3.05, 3.63) is 11.8 Å². The first kappa shape index (κ1) is 9.17. The van der Waals surface area contributed by atoms with E-state index >= 15 is 0 Å². The molecule has 0 aromatic rings. The fourth-order valence-electron chi connectivity index (χ4n) is 0.601. The highest BCUT2D eigenvalue weighted by Gasteiger charge is 1.83. The average Bonchev–Trinajstić information content (AvgIpc) is 1.82. The van der Waals surface area contributed by atoms with E-state index in [0.717, 1.165) is 11.4 Å². The molecule has 10 heavy (non-hydrogen) atoms. The molecular formula is C7H14N2O. The molecule has 3 heteroatoms. The molecule has 0 aromatic carbocycles. The van der Waals surface area contributed by atoms with Gasteiger partial charge in [-0.05, 0) is 19.9 Å². The van der Waals surface area contributed by atoms with Crippen LogP contribution in [0.25, 0.3) is 0 Å². The number of nitrogens with two attached hydrogens (primary N) is 1. The van der Waals surface area contributed by atoms with Crippen LogP contribution in [0.3, 0.4) is 0 Å². The second kappa shape index (κ2) is 4.99. The summed E-state index contributed by atoms with van der Waals surface area (Å²) in [6.07, 6.45) is 1.77. The predicted octanol–water partition coefficient (Wildman–Crippen LogP) is 0.302. The van der Waals surface area contributed by atoms with Crippen LogP contribution in [-0.2, 0) is 0 Å². The zero-order valence-electron chi connectivity index (χ0n) is 6.46. The molecule has 58 valence electrons. The van der Waals surface area contributed by atoms with E-state index in [-0.39, 0.29) is 6.61 Å². The van der Waals surface area contributed by atoms with E-state index in [1.54, 1.807) is 13.0 Å². The Morgan fingerprint density at radius 1 is 1.60 bits per heavy atom. The van der Waals surface area contributed by atoms with Gasteiger partial charge < -0.3 is 10.8 Å². The third kappa shape index (κ3) is 5.31. The fourth-order valence-corrected chi connectivity index (χ4v) is 0.601. The van der Waals surface area contributed by atoms with Gasteiger partial charge in [-0.15, -0.1) is 0 Å². The molecule has 0 heterocycles. The summed E-state index contributed by atoms with van der Waals surface area (Å²) in [5.74, 6) is 0. The lowest BCUT2D eigenvalue weighted by Gasteiger charge is -1.92. The van der Waals surface area contributed by atoms with Gasteiger partial charge in [-0.1, -0.05) is 0 Å². The topological polar surface area (TPSA) is 58.6 Å². The molecule has 0 spiro atoms. The number of nitrogens with zero attached hydrogens (tertiary/aromatic N) is 1. The number of hydrogen-bond donors (Lipinski definition) is 2. The summed E-state index contributed by atoms with van der Waals surface area (Å²) < 4.78 is 0. The Balaban J connectivity index is 3.82. The van der Waals surface area contributed by atoms with E-state index in [1.807, 2.05) is 6.92 Å². The van der Waals surface area contributed by atoms with E-state index < -0.39 is 0 Å². The Kier molecular flexibility index (Phi) is 4.58. The number of aliphatic imine (C=N–C) groups is 1. The second-order valence-electron chi connectivity index (χ2n) is 2.14. The molecule has 0 unspecified atom stereocenters. The largest absolute Gasteiger partial charge is 0.402 e. The third-order valence-corrected chi connectivity index (χ3v) is 0.898. The van der Waals surface area contributed by atoms with Crippen molar-refractivity contribution in [1.29, 1.82) is 0 Å². The van der Waals surface area contributed by atoms with Crippen molar-refractivity contribution in [2.45, 2.75) is 13.8 Å². The lowest BCUT2D eigenvalue weighted by Crippen LogP contribution is -1.97. The molecule has 0 bridgehead atoms. The summed E-state index contributed by atoms with van der Waals surface area (Å²) in [5, 5.41) is 8.39. The minimum atomic E-state index is 0.0921. The SMILES string of the molecule is CC(N)=CC(C)=NCCO. The first-order valence-electron chi connectivity index (χ1n) is 3.22. The summed E-state index contributed by atoms with van der Waals surface area (Å²) in [7, 11) is 0. The molecular weight excluding hydrogens is 128 g/mol. The number of hydrogen-bond acceptors (Lipinski definition) is 3. The molecule has 3 N–H and O–H groups in total. The van der Waals surface area contributed by atoms with Crippen LogP contribution in [0.15, 0.2) is 16.8 Å². The van der Waals surface area contributed by atoms with E-state index in [9.17, 15) is 0 Å². The summed E-state index contributed by atoms with van der Waals surface area (Å²) in [5.41, 5.74) is 6.97. The maximum absolute atomic E-state index is 8.39. The van der Waals surface area contributed by atoms with Crippen molar-refractivity contribution in [2.75, 3.05) is 13.2 Å². The molecule has 0 radical (unpaired) electrons. The Morgan fingerprint density at radius 3 is 2.60 bits per heavy atom. The van der Waals surface area contributed by atoms with E-state index in [2.05, 4.69) is 4.99 Å². The van der Waals surface area contributed by atoms with Crippen molar-refractivity contribution < 1.29 is 5.11 Å². The van der Waals surface area contributed by atoms with Gasteiger partial charge >= 0.3 is 0 Å². The molecule has 0 saturated heterocycles. The molecule has 0 amide bonds. The quantitative estimate of drug-likeness (QED) is 0.557. The molecule has 3 nitrogen and oxygen atoms in total. The minimum Gasteiger partial charge on any atom is -0.402 e. The standard InChI is InChI=1S/C7H14N2O/c1-6(8)5-7(2)9-3-4-10/h5,10H,3-4,8H2,1-2H3. The van der Waals surface area contributed by atoms with Crippen molar-refractivity contribution in [3.63, 3.8) is 0 Å². The van der Waals surface area contributed by atoms with Gasteiger partial charge in [-0.2, -0.15) is 0 Å². The third-order valence-electron chi connectivity index (χ3n) is 0.898. The Hall–Kier alpha value is -0.830. The summed E-state index contributed by atoms with van der Waals surface area (Å²) in [6, 6.07) is 0. The predicted molar refractivity (Wildman–Crippen MR) is 43.0 cm³/mol. The van der Waals surface area contributed by atoms with Gasteiger partial charge in [0.05, 0.1) is 13.2 Å². The number of aliphatic hydroxyl groups is 1. The van der Waals surface area contributed by atoms with Crippen molar-refractivity contribution in [2.24, 2.45) is 10.7 Å². The molecule has 0 fully saturated rings. The van der Waals surface area contributed by atoms with Gasteiger partial charge in [-0.25, -0.2) is 0 Å². The van der Waals surface area contributed by atoms with Crippen LogP contribution in [-0.4, -0.2) is 24.0 Å². The van der Waals surface area contributed by atoms with E-state index in [4.69, 9.17) is 10.8 Å². The molecule has 0 aliphatic rings. The maximum atomic E-state index is 8.39. The van der Waals surface area contributed by atoms with Gasteiger partial charge in [0, 0.05) is 11.4 Å². The highest BCUT2D eigenvalue weighted by atomic mass is 16.3. The highest BCUT2D eigenvalue weighted by molar-refractivity contribution is 5.93. The monoisotopic (exact) mass is 142 g/mol. The summed E-state index contributed by atoms with van der Waals surface area (Å²) >= 11 is 0. The first-order valence-corrected chi connectivity index (χ1v) is 3.22. The zero-order valence-corrected chi connectivity index (χ0v) is 6.46. The molecule has 0 aromatic heterocycles. The van der Waals surface area contributed by atoms with Gasteiger partial charge in [-0.3, -0.25) is 4.99 Å². The molecule has 0 rings (SSSR count). The Bertz CT molecular complexity index is 146. The number of allylic oxidation sites excluding steroid dienone is 2. The zero-order chi connectivity index (χ0) is 7.98. The fraction of sp³-hybridized carbons (Fsp3) is 0.571. The van der Waals surface area contributed by atoms with Crippen molar-refractivity contribution in [3.8, 4) is 0 Å². The van der Waals surface area contributed by atoms with Crippen molar-refractivity contribution >= 4 is 5.71 Å². The van der Waals surface area contributed by atoms with E-state index in [1.165, 1.54) is 0 Å². The maximum Gasteiger partial charge on any atom is 0.0627 e. The van der Waals surface area contributed by atoms with Crippen LogP contribution in [0.2, 0.25) is 0 Å². The Morgan fingerprint density at radius 2 is 2.20 bits per heavy atom. The number of rotatable bonds is 3. The first-order chi connectivity index (χ1) is 4.66. The summed E-state index contributed by atoms with van der Waals surface area (Å²) in [6.45, 7) is 4.20. The van der Waals surface area contributed by atoms with Crippen LogP contribution in [0.5, 0.6) is 0 Å². The van der Waals surface area contributed by atoms with Crippen LogP contribution in [0.4, 0.5) is 0 Å². The molecule has 0 aliphatic heterocycles. The highest BCUT2D eigenvalue weighted by Crippen LogP contribution is 1.84. The minimum absolute atomic E-state index is 0.0921. The molecule has 0 atom stereocenters. The number of aliphatic hydroxyl groups excluding tert-OH is 1. The van der Waals surface area contributed by atoms with Gasteiger partial charge in [0.1, 0.15) is 0 Å². The normalized spacial score (nSPS) is 13.9. The lowest BCUT2D eigenvalue weighted by molar-refractivity contribution is 0.307. The smallest absolute Gasteiger partial charge is 0.0627 e. The van der Waals surface area contributed by atoms with Crippen LogP contribution in [0.1, 0.15) is 13.8 Å². The van der Waals surface area contributed by atoms with Crippen LogP contribution in [0, 0.1) is 0 Å². The Labute approximate surface area is 61.3 Å². The van der Waals surface area contributed by atoms with E-state index in [0.29, 0.717) is 6.54 Å². The van der Waals surface area contributed by atoms with Crippen LogP contribution >= 0.6 is 0 Å². The van der Waals surface area contributed by atoms with Crippen LogP contribution < -0.4 is 5.73 Å². The molecule has 0 aliphatic carbocycles. The average molecular weight is 142 g/mol. The lowest BCUT2D eigenvalue weighted by atomic mass is 10.3. The van der Waals surface area contributed by atoms with Crippen molar-refractivity contribution in [1.82, 2.24) is 0 Å². The summed E-state index contributed by atoms with van der Waals surface area (Å²) in [4.78, 5) is 3.99. The van der Waals surface area contributed by atoms with Gasteiger partial charge in [0.25, 0.3) is 0 Å².